The molecule has 0 bridgehead atoms. The van der Waals surface area contributed by atoms with Gasteiger partial charge in [0.1, 0.15) is 5.01 Å². The highest BCUT2D eigenvalue weighted by molar-refractivity contribution is 7.21. The number of hydrogen-bond donors (Lipinski definition) is 1. The lowest BCUT2D eigenvalue weighted by Crippen LogP contribution is -2.13. The number of amides is 1. The smallest absolute Gasteiger partial charge is 0.255 e. The summed E-state index contributed by atoms with van der Waals surface area (Å²) in [6, 6.07) is 19.1. The highest BCUT2D eigenvalue weighted by Crippen LogP contribution is 2.32. The molecule has 1 aromatic heterocycles. The number of aryl methyl sites for hydroxylation is 1. The molecular weight excluding hydrogens is 384 g/mol. The maximum absolute atomic E-state index is 12.7. The van der Waals surface area contributed by atoms with E-state index in [4.69, 9.17) is 14.5 Å². The third kappa shape index (κ3) is 3.79. The molecule has 4 aromatic rings. The normalized spacial score (nSPS) is 10.7. The second kappa shape index (κ2) is 7.93. The number of nitrogens with zero attached hydrogens (tertiary/aromatic N) is 1. The largest absolute Gasteiger partial charge is 0.493 e. The van der Waals surface area contributed by atoms with Gasteiger partial charge >= 0.3 is 0 Å². The van der Waals surface area contributed by atoms with Crippen LogP contribution in [-0.4, -0.2) is 25.1 Å². The first-order chi connectivity index (χ1) is 14.1. The third-order valence-corrected chi connectivity index (χ3v) is 5.75. The number of hydrogen-bond acceptors (Lipinski definition) is 5. The molecule has 1 amide bonds. The third-order valence-electron chi connectivity index (χ3n) is 4.66. The minimum atomic E-state index is -0.207. The van der Waals surface area contributed by atoms with Crippen molar-refractivity contribution < 1.29 is 14.3 Å². The molecule has 0 saturated carbocycles. The van der Waals surface area contributed by atoms with Crippen molar-refractivity contribution in [2.45, 2.75) is 6.92 Å². The van der Waals surface area contributed by atoms with Crippen LogP contribution in [0.4, 0.5) is 5.69 Å². The molecule has 3 aromatic carbocycles. The molecule has 0 aliphatic rings. The number of thiazole rings is 1. The molecule has 29 heavy (non-hydrogen) atoms. The highest BCUT2D eigenvalue weighted by Gasteiger charge is 2.13. The quantitative estimate of drug-likeness (QED) is 0.474. The van der Waals surface area contributed by atoms with Crippen molar-refractivity contribution >= 4 is 33.1 Å². The van der Waals surface area contributed by atoms with Gasteiger partial charge in [-0.15, -0.1) is 11.3 Å². The number of carbonyl (C=O) groups is 1. The number of benzene rings is 3. The number of methoxy groups -OCH3 is 2. The minimum Gasteiger partial charge on any atom is -0.493 e. The average molecular weight is 404 g/mol. The van der Waals surface area contributed by atoms with E-state index in [1.165, 1.54) is 0 Å². The van der Waals surface area contributed by atoms with Crippen LogP contribution in [0.5, 0.6) is 11.5 Å². The van der Waals surface area contributed by atoms with Crippen LogP contribution in [0.25, 0.3) is 20.8 Å². The van der Waals surface area contributed by atoms with E-state index in [9.17, 15) is 4.79 Å². The molecule has 6 heteroatoms. The number of ether oxygens (including phenoxy) is 2. The van der Waals surface area contributed by atoms with Crippen LogP contribution < -0.4 is 14.8 Å². The summed E-state index contributed by atoms with van der Waals surface area (Å²) in [4.78, 5) is 17.4. The van der Waals surface area contributed by atoms with E-state index >= 15 is 0 Å². The van der Waals surface area contributed by atoms with Crippen molar-refractivity contribution in [3.8, 4) is 22.1 Å². The van der Waals surface area contributed by atoms with Crippen LogP contribution in [0.3, 0.4) is 0 Å². The van der Waals surface area contributed by atoms with Gasteiger partial charge in [-0.2, -0.15) is 0 Å². The van der Waals surface area contributed by atoms with Crippen molar-refractivity contribution in [3.63, 3.8) is 0 Å². The van der Waals surface area contributed by atoms with Gasteiger partial charge < -0.3 is 14.8 Å². The lowest BCUT2D eigenvalue weighted by molar-refractivity contribution is 0.102. The van der Waals surface area contributed by atoms with Crippen molar-refractivity contribution in [2.24, 2.45) is 0 Å². The molecule has 0 fully saturated rings. The van der Waals surface area contributed by atoms with E-state index in [1.54, 1.807) is 43.8 Å². The standard InChI is InChI=1S/C23H20N2O3S/c1-14-12-16(23-25-18-6-4-5-7-21(18)29-23)8-10-17(14)24-22(26)15-9-11-19(27-2)20(13-15)28-3/h4-13H,1-3H3,(H,24,26). The van der Waals surface area contributed by atoms with Gasteiger partial charge in [0.25, 0.3) is 5.91 Å². The van der Waals surface area contributed by atoms with Gasteiger partial charge in [-0.05, 0) is 61.0 Å². The Morgan fingerprint density at radius 1 is 0.966 bits per heavy atom. The zero-order valence-corrected chi connectivity index (χ0v) is 17.2. The van der Waals surface area contributed by atoms with Gasteiger partial charge in [0.2, 0.25) is 0 Å². The van der Waals surface area contributed by atoms with E-state index in [0.29, 0.717) is 17.1 Å². The molecule has 0 atom stereocenters. The van der Waals surface area contributed by atoms with E-state index in [1.807, 2.05) is 43.3 Å². The highest BCUT2D eigenvalue weighted by atomic mass is 32.1. The Balaban J connectivity index is 1.57. The van der Waals surface area contributed by atoms with Gasteiger partial charge in [0.05, 0.1) is 24.4 Å². The van der Waals surface area contributed by atoms with Crippen molar-refractivity contribution in [3.05, 3.63) is 71.8 Å². The fourth-order valence-electron chi connectivity index (χ4n) is 3.10. The Bertz CT molecular complexity index is 1170. The molecule has 0 aliphatic heterocycles. The molecule has 0 saturated heterocycles. The molecule has 0 radical (unpaired) electrons. The molecule has 5 nitrogen and oxygen atoms in total. The Labute approximate surface area is 172 Å². The van der Waals surface area contributed by atoms with Crippen LogP contribution in [0.15, 0.2) is 60.7 Å². The lowest BCUT2D eigenvalue weighted by atomic mass is 10.1. The summed E-state index contributed by atoms with van der Waals surface area (Å²) in [7, 11) is 3.11. The number of rotatable bonds is 5. The van der Waals surface area contributed by atoms with Crippen molar-refractivity contribution in [1.82, 2.24) is 4.98 Å². The maximum Gasteiger partial charge on any atom is 0.255 e. The Kier molecular flexibility index (Phi) is 5.18. The van der Waals surface area contributed by atoms with Gasteiger partial charge in [-0.3, -0.25) is 4.79 Å². The first kappa shape index (κ1) is 19.0. The average Bonchev–Trinajstić information content (AvgIpc) is 3.18. The molecule has 1 N–H and O–H groups in total. The number of aromatic nitrogens is 1. The van der Waals surface area contributed by atoms with Gasteiger partial charge in [-0.25, -0.2) is 4.98 Å². The van der Waals surface area contributed by atoms with E-state index in [0.717, 1.165) is 32.0 Å². The van der Waals surface area contributed by atoms with Crippen LogP contribution in [0, 0.1) is 6.92 Å². The fourth-order valence-corrected chi connectivity index (χ4v) is 4.07. The summed E-state index contributed by atoms with van der Waals surface area (Å²) in [6.07, 6.45) is 0. The van der Waals surface area contributed by atoms with E-state index in [2.05, 4.69) is 11.4 Å². The summed E-state index contributed by atoms with van der Waals surface area (Å²) in [5.41, 5.74) is 4.26. The first-order valence-electron chi connectivity index (χ1n) is 9.09. The molecule has 0 aliphatic carbocycles. The topological polar surface area (TPSA) is 60.5 Å². The second-order valence-corrected chi connectivity index (χ2v) is 7.57. The monoisotopic (exact) mass is 404 g/mol. The summed E-state index contributed by atoms with van der Waals surface area (Å²) in [5.74, 6) is 0.894. The summed E-state index contributed by atoms with van der Waals surface area (Å²) >= 11 is 1.66. The number of fused-ring (bicyclic) bond motifs is 1. The zero-order chi connectivity index (χ0) is 20.4. The summed E-state index contributed by atoms with van der Waals surface area (Å²) in [6.45, 7) is 1.97. The number of anilines is 1. The Hall–Kier alpha value is -3.38. The number of carbonyl (C=O) groups excluding carboxylic acids is 1. The predicted octanol–water partition coefficient (Wildman–Crippen LogP) is 5.54. The van der Waals surface area contributed by atoms with Gasteiger partial charge in [0, 0.05) is 16.8 Å². The molecule has 146 valence electrons. The summed E-state index contributed by atoms with van der Waals surface area (Å²) < 4.78 is 11.7. The minimum absolute atomic E-state index is 0.207. The van der Waals surface area contributed by atoms with Crippen LogP contribution in [0.2, 0.25) is 0 Å². The number of para-hydroxylation sites is 1. The fraction of sp³-hybridized carbons (Fsp3) is 0.130. The van der Waals surface area contributed by atoms with Crippen LogP contribution in [0.1, 0.15) is 15.9 Å². The molecule has 4 rings (SSSR count). The molecule has 1 heterocycles. The van der Waals surface area contributed by atoms with E-state index < -0.39 is 0 Å². The van der Waals surface area contributed by atoms with E-state index in [-0.39, 0.29) is 5.91 Å². The number of nitrogens with one attached hydrogen (secondary N) is 1. The summed E-state index contributed by atoms with van der Waals surface area (Å²) in [5, 5.41) is 3.93. The van der Waals surface area contributed by atoms with Gasteiger partial charge in [-0.1, -0.05) is 12.1 Å². The first-order valence-corrected chi connectivity index (χ1v) is 9.90. The molecule has 0 spiro atoms. The maximum atomic E-state index is 12.7. The van der Waals surface area contributed by atoms with Crippen molar-refractivity contribution in [1.29, 1.82) is 0 Å². The molecule has 0 unspecified atom stereocenters. The van der Waals surface area contributed by atoms with Gasteiger partial charge in [0.15, 0.2) is 11.5 Å². The predicted molar refractivity (Wildman–Crippen MR) is 117 cm³/mol. The van der Waals surface area contributed by atoms with Crippen molar-refractivity contribution in [2.75, 3.05) is 19.5 Å². The second-order valence-electron chi connectivity index (χ2n) is 6.54. The zero-order valence-electron chi connectivity index (χ0n) is 16.4. The molecular formula is C23H20N2O3S. The Morgan fingerprint density at radius 2 is 1.76 bits per heavy atom. The Morgan fingerprint density at radius 3 is 2.48 bits per heavy atom. The SMILES string of the molecule is COc1ccc(C(=O)Nc2ccc(-c3nc4ccccc4s3)cc2C)cc1OC. The van der Waals surface area contributed by atoms with Crippen LogP contribution in [-0.2, 0) is 0 Å². The van der Waals surface area contributed by atoms with Crippen LogP contribution >= 0.6 is 11.3 Å². The lowest BCUT2D eigenvalue weighted by Gasteiger charge is -2.12.